The van der Waals surface area contributed by atoms with Crippen LogP contribution in [-0.4, -0.2) is 22.7 Å². The average molecular weight is 394 g/mol. The summed E-state index contributed by atoms with van der Waals surface area (Å²) in [6.45, 7) is 4.16. The van der Waals surface area contributed by atoms with Crippen LogP contribution in [0.5, 0.6) is 0 Å². The number of nitrogens with one attached hydrogen (secondary N) is 2. The molecule has 3 rings (SSSR count). The van der Waals surface area contributed by atoms with Gasteiger partial charge in [-0.05, 0) is 36.2 Å². The van der Waals surface area contributed by atoms with Crippen LogP contribution in [-0.2, 0) is 4.74 Å². The van der Waals surface area contributed by atoms with Gasteiger partial charge in [0.15, 0.2) is 0 Å². The Morgan fingerprint density at radius 1 is 1.03 bits per heavy atom. The van der Waals surface area contributed by atoms with Crippen LogP contribution < -0.4 is 10.6 Å². The van der Waals surface area contributed by atoms with Crippen LogP contribution in [0.15, 0.2) is 66.9 Å². The fourth-order valence-electron chi connectivity index (χ4n) is 2.75. The fourth-order valence-corrected chi connectivity index (χ4v) is 2.75. The van der Waals surface area contributed by atoms with E-state index in [9.17, 15) is 9.18 Å². The van der Waals surface area contributed by atoms with E-state index in [0.717, 1.165) is 11.1 Å². The Morgan fingerprint density at radius 2 is 1.76 bits per heavy atom. The van der Waals surface area contributed by atoms with E-state index < -0.39 is 6.09 Å². The summed E-state index contributed by atoms with van der Waals surface area (Å²) in [4.78, 5) is 20.5. The normalized spacial score (nSPS) is 12.7. The molecule has 0 saturated heterocycles. The van der Waals surface area contributed by atoms with Crippen LogP contribution in [0.2, 0.25) is 0 Å². The first kappa shape index (κ1) is 20.3. The van der Waals surface area contributed by atoms with Gasteiger partial charge in [-0.3, -0.25) is 5.32 Å². The highest BCUT2D eigenvalue weighted by molar-refractivity contribution is 5.83. The van der Waals surface area contributed by atoms with E-state index in [1.165, 1.54) is 18.3 Å². The summed E-state index contributed by atoms with van der Waals surface area (Å²) in [5.41, 5.74) is 1.99. The molecule has 0 spiro atoms. The number of rotatable bonds is 7. The Bertz CT molecular complexity index is 935. The molecule has 7 heteroatoms. The summed E-state index contributed by atoms with van der Waals surface area (Å²) in [6, 6.07) is 17.5. The number of ether oxygens (including phenoxy) is 1. The minimum Gasteiger partial charge on any atom is -0.449 e. The third kappa shape index (κ3) is 6.00. The number of nitrogens with zero attached hydrogens (tertiary/aromatic N) is 2. The van der Waals surface area contributed by atoms with Crippen molar-refractivity contribution in [3.05, 3.63) is 83.8 Å². The summed E-state index contributed by atoms with van der Waals surface area (Å²) in [5, 5.41) is 5.73. The molecule has 2 N–H and O–H groups in total. The first-order chi connectivity index (χ1) is 14.0. The van der Waals surface area contributed by atoms with Crippen molar-refractivity contribution in [2.24, 2.45) is 0 Å². The molecule has 0 unspecified atom stereocenters. The third-order valence-corrected chi connectivity index (χ3v) is 4.43. The third-order valence-electron chi connectivity index (χ3n) is 4.43. The number of aromatic nitrogens is 2. The van der Waals surface area contributed by atoms with E-state index in [0.29, 0.717) is 11.8 Å². The number of halogens is 1. The van der Waals surface area contributed by atoms with Crippen LogP contribution in [0.4, 0.5) is 21.0 Å². The van der Waals surface area contributed by atoms with Crippen molar-refractivity contribution in [1.29, 1.82) is 0 Å². The zero-order valence-corrected chi connectivity index (χ0v) is 16.3. The number of carbonyl (C=O) groups is 1. The van der Waals surface area contributed by atoms with Crippen molar-refractivity contribution in [1.82, 2.24) is 9.97 Å². The number of benzene rings is 2. The summed E-state index contributed by atoms with van der Waals surface area (Å²) in [6.07, 6.45) is 0.957. The number of amides is 1. The molecule has 150 valence electrons. The second-order valence-corrected chi connectivity index (χ2v) is 6.72. The van der Waals surface area contributed by atoms with Gasteiger partial charge in [0.1, 0.15) is 11.6 Å². The quantitative estimate of drug-likeness (QED) is 0.580. The van der Waals surface area contributed by atoms with E-state index >= 15 is 0 Å². The van der Waals surface area contributed by atoms with Gasteiger partial charge in [-0.15, -0.1) is 0 Å². The number of hydrogen-bond acceptors (Lipinski definition) is 5. The Balaban J connectivity index is 1.53. The van der Waals surface area contributed by atoms with E-state index in [2.05, 4.69) is 20.6 Å². The smallest absolute Gasteiger partial charge is 0.412 e. The lowest BCUT2D eigenvalue weighted by Gasteiger charge is -2.15. The van der Waals surface area contributed by atoms with Crippen molar-refractivity contribution >= 4 is 17.9 Å². The monoisotopic (exact) mass is 394 g/mol. The Morgan fingerprint density at radius 3 is 2.48 bits per heavy atom. The highest BCUT2D eigenvalue weighted by Gasteiger charge is 2.12. The molecule has 0 fully saturated rings. The Hall–Kier alpha value is -3.48. The lowest BCUT2D eigenvalue weighted by Crippen LogP contribution is -2.18. The van der Waals surface area contributed by atoms with Gasteiger partial charge in [0.25, 0.3) is 0 Å². The first-order valence-electron chi connectivity index (χ1n) is 9.35. The zero-order chi connectivity index (χ0) is 20.6. The molecule has 6 nitrogen and oxygen atoms in total. The lowest BCUT2D eigenvalue weighted by atomic mass is 10.0. The molecule has 2 atom stereocenters. The summed E-state index contributed by atoms with van der Waals surface area (Å²) in [5.74, 6) is 0.466. The molecule has 0 aliphatic heterocycles. The van der Waals surface area contributed by atoms with Gasteiger partial charge in [0.2, 0.25) is 5.95 Å². The van der Waals surface area contributed by atoms with Crippen LogP contribution in [0, 0.1) is 5.82 Å². The maximum Gasteiger partial charge on any atom is 0.412 e. The van der Waals surface area contributed by atoms with Crippen LogP contribution in [0.25, 0.3) is 0 Å². The second-order valence-electron chi connectivity index (χ2n) is 6.72. The molecule has 0 bridgehead atoms. The molecule has 1 amide bonds. The molecule has 1 aromatic heterocycles. The van der Waals surface area contributed by atoms with Crippen molar-refractivity contribution in [2.75, 3.05) is 17.2 Å². The highest BCUT2D eigenvalue weighted by Crippen LogP contribution is 2.18. The predicted molar refractivity (Wildman–Crippen MR) is 110 cm³/mol. The molecule has 2 aromatic carbocycles. The minimum atomic E-state index is -0.580. The van der Waals surface area contributed by atoms with E-state index in [4.69, 9.17) is 4.74 Å². The van der Waals surface area contributed by atoms with Crippen molar-refractivity contribution < 1.29 is 13.9 Å². The molecular formula is C22H23FN4O2. The van der Waals surface area contributed by atoms with Crippen molar-refractivity contribution in [3.63, 3.8) is 0 Å². The molecule has 1 heterocycles. The molecule has 3 aromatic rings. The topological polar surface area (TPSA) is 76.1 Å². The summed E-state index contributed by atoms with van der Waals surface area (Å²) < 4.78 is 18.4. The molecule has 0 radical (unpaired) electrons. The highest BCUT2D eigenvalue weighted by atomic mass is 19.1. The standard InChI is InChI=1S/C22H23FN4O2/c1-15(17-6-4-3-5-7-17)14-29-22(28)27-20-12-13-24-21(26-20)25-16(2)18-8-10-19(23)11-9-18/h3-13,15-16H,14H2,1-2H3,(H2,24,25,26,27,28)/t15-,16-/m0/s1. The van der Waals surface area contributed by atoms with Gasteiger partial charge in [-0.25, -0.2) is 14.2 Å². The lowest BCUT2D eigenvalue weighted by molar-refractivity contribution is 0.155. The minimum absolute atomic E-state index is 0.0844. The SMILES string of the molecule is C[C@H](Nc1nccc(NC(=O)OC[C@H](C)c2ccccc2)n1)c1ccc(F)cc1. The fraction of sp³-hybridized carbons (Fsp3) is 0.227. The average Bonchev–Trinajstić information content (AvgIpc) is 2.73. The van der Waals surface area contributed by atoms with Gasteiger partial charge in [0.05, 0.1) is 12.6 Å². The van der Waals surface area contributed by atoms with E-state index in [-0.39, 0.29) is 24.4 Å². The molecule has 0 aliphatic rings. The summed E-state index contributed by atoms with van der Waals surface area (Å²) >= 11 is 0. The Kier molecular flexibility index (Phi) is 6.73. The van der Waals surface area contributed by atoms with Crippen molar-refractivity contribution in [3.8, 4) is 0 Å². The second kappa shape index (κ2) is 9.64. The van der Waals surface area contributed by atoms with Crippen LogP contribution in [0.1, 0.15) is 36.9 Å². The molecule has 0 aliphatic carbocycles. The first-order valence-corrected chi connectivity index (χ1v) is 9.35. The van der Waals surface area contributed by atoms with Crippen LogP contribution >= 0.6 is 0 Å². The zero-order valence-electron chi connectivity index (χ0n) is 16.3. The van der Waals surface area contributed by atoms with Crippen molar-refractivity contribution in [2.45, 2.75) is 25.8 Å². The number of anilines is 2. The van der Waals surface area contributed by atoms with Crippen LogP contribution in [0.3, 0.4) is 0 Å². The van der Waals surface area contributed by atoms with E-state index in [1.807, 2.05) is 44.2 Å². The number of hydrogen-bond donors (Lipinski definition) is 2. The maximum atomic E-state index is 13.1. The molecule has 0 saturated carbocycles. The van der Waals surface area contributed by atoms with Gasteiger partial charge in [-0.2, -0.15) is 4.98 Å². The summed E-state index contributed by atoms with van der Waals surface area (Å²) in [7, 11) is 0. The van der Waals surface area contributed by atoms with Gasteiger partial charge >= 0.3 is 6.09 Å². The molecule has 29 heavy (non-hydrogen) atoms. The predicted octanol–water partition coefficient (Wildman–Crippen LogP) is 5.14. The van der Waals surface area contributed by atoms with Gasteiger partial charge in [0, 0.05) is 12.1 Å². The molecular weight excluding hydrogens is 371 g/mol. The van der Waals surface area contributed by atoms with Gasteiger partial charge < -0.3 is 10.1 Å². The largest absolute Gasteiger partial charge is 0.449 e. The van der Waals surface area contributed by atoms with Gasteiger partial charge in [-0.1, -0.05) is 49.4 Å². The Labute approximate surface area is 169 Å². The number of carbonyl (C=O) groups excluding carboxylic acids is 1. The van der Waals surface area contributed by atoms with E-state index in [1.54, 1.807) is 18.2 Å². The maximum absolute atomic E-state index is 13.1.